The van der Waals surface area contributed by atoms with Crippen molar-refractivity contribution >= 4 is 0 Å². The lowest BCUT2D eigenvalue weighted by atomic mass is 9.68. The summed E-state index contributed by atoms with van der Waals surface area (Å²) in [6, 6.07) is 9.33. The van der Waals surface area contributed by atoms with E-state index in [0.29, 0.717) is 5.41 Å². The SMILES string of the molecule is CC(C)(C)C1CCC(c2ccccc2CC2CCCNC2)CC1. The van der Waals surface area contributed by atoms with Crippen LogP contribution in [0.2, 0.25) is 0 Å². The van der Waals surface area contributed by atoms with Gasteiger partial charge in [0.2, 0.25) is 0 Å². The number of benzene rings is 1. The molecule has 1 heterocycles. The summed E-state index contributed by atoms with van der Waals surface area (Å²) in [7, 11) is 0. The molecule has 2 fully saturated rings. The molecule has 0 radical (unpaired) electrons. The predicted octanol–water partition coefficient (Wildman–Crippen LogP) is 5.55. The minimum absolute atomic E-state index is 0.484. The first-order valence-electron chi connectivity index (χ1n) is 9.82. The summed E-state index contributed by atoms with van der Waals surface area (Å²) in [5.41, 5.74) is 3.80. The van der Waals surface area contributed by atoms with Crippen molar-refractivity contribution in [2.45, 2.75) is 71.6 Å². The Morgan fingerprint density at radius 2 is 1.74 bits per heavy atom. The number of rotatable bonds is 3. The zero-order valence-corrected chi connectivity index (χ0v) is 15.4. The highest BCUT2D eigenvalue weighted by Gasteiger charge is 2.31. The molecule has 1 aromatic carbocycles. The molecule has 1 nitrogen and oxygen atoms in total. The molecule has 128 valence electrons. The first-order valence-corrected chi connectivity index (χ1v) is 9.82. The van der Waals surface area contributed by atoms with Crippen LogP contribution in [-0.2, 0) is 6.42 Å². The molecule has 1 aliphatic heterocycles. The van der Waals surface area contributed by atoms with Gasteiger partial charge in [-0.3, -0.25) is 0 Å². The van der Waals surface area contributed by atoms with E-state index in [2.05, 4.69) is 50.4 Å². The Morgan fingerprint density at radius 3 is 2.39 bits per heavy atom. The van der Waals surface area contributed by atoms with Gasteiger partial charge in [0.05, 0.1) is 0 Å². The van der Waals surface area contributed by atoms with Gasteiger partial charge >= 0.3 is 0 Å². The van der Waals surface area contributed by atoms with E-state index in [1.807, 2.05) is 0 Å². The van der Waals surface area contributed by atoms with Gasteiger partial charge in [0.1, 0.15) is 0 Å². The maximum absolute atomic E-state index is 3.58. The van der Waals surface area contributed by atoms with E-state index in [1.54, 1.807) is 11.1 Å². The molecule has 3 rings (SSSR count). The Kier molecular flexibility index (Phi) is 5.46. The molecule has 1 heteroatoms. The normalized spacial score (nSPS) is 29.4. The molecule has 1 atom stereocenters. The van der Waals surface area contributed by atoms with E-state index in [-0.39, 0.29) is 0 Å². The van der Waals surface area contributed by atoms with Crippen molar-refractivity contribution in [1.29, 1.82) is 0 Å². The number of nitrogens with one attached hydrogen (secondary N) is 1. The molecule has 1 N–H and O–H groups in total. The van der Waals surface area contributed by atoms with Crippen LogP contribution in [0, 0.1) is 17.3 Å². The maximum atomic E-state index is 3.58. The van der Waals surface area contributed by atoms with Crippen molar-refractivity contribution in [3.05, 3.63) is 35.4 Å². The van der Waals surface area contributed by atoms with Crippen LogP contribution >= 0.6 is 0 Å². The summed E-state index contributed by atoms with van der Waals surface area (Å²) >= 11 is 0. The monoisotopic (exact) mass is 313 g/mol. The van der Waals surface area contributed by atoms with Crippen molar-refractivity contribution in [3.63, 3.8) is 0 Å². The molecule has 1 unspecified atom stereocenters. The van der Waals surface area contributed by atoms with E-state index in [4.69, 9.17) is 0 Å². The summed E-state index contributed by atoms with van der Waals surface area (Å²) in [4.78, 5) is 0. The van der Waals surface area contributed by atoms with Gasteiger partial charge in [-0.05, 0) is 92.3 Å². The standard InChI is InChI=1S/C22H35N/c1-22(2,3)20-12-10-18(11-13-20)21-9-5-4-8-19(21)15-17-7-6-14-23-16-17/h4-5,8-9,17-18,20,23H,6-7,10-16H2,1-3H3. The molecule has 0 spiro atoms. The summed E-state index contributed by atoms with van der Waals surface area (Å²) < 4.78 is 0. The van der Waals surface area contributed by atoms with Crippen LogP contribution < -0.4 is 5.32 Å². The number of hydrogen-bond donors (Lipinski definition) is 1. The first kappa shape index (κ1) is 17.0. The van der Waals surface area contributed by atoms with Crippen LogP contribution in [0.1, 0.15) is 76.3 Å². The first-order chi connectivity index (χ1) is 11.0. The fraction of sp³-hybridized carbons (Fsp3) is 0.727. The second-order valence-corrected chi connectivity index (χ2v) is 9.03. The van der Waals surface area contributed by atoms with E-state index in [0.717, 1.165) is 17.8 Å². The third-order valence-electron chi connectivity index (χ3n) is 6.35. The highest BCUT2D eigenvalue weighted by atomic mass is 14.9. The van der Waals surface area contributed by atoms with Crippen LogP contribution in [0.5, 0.6) is 0 Å². The fourth-order valence-corrected chi connectivity index (χ4v) is 4.80. The second-order valence-electron chi connectivity index (χ2n) is 9.03. The van der Waals surface area contributed by atoms with Crippen LogP contribution in [0.4, 0.5) is 0 Å². The smallest absolute Gasteiger partial charge is 0.00173 e. The van der Waals surface area contributed by atoms with E-state index in [9.17, 15) is 0 Å². The summed E-state index contributed by atoms with van der Waals surface area (Å²) in [5, 5.41) is 3.58. The summed E-state index contributed by atoms with van der Waals surface area (Å²) in [6.45, 7) is 9.69. The molecular formula is C22H35N. The molecule has 1 saturated heterocycles. The quantitative estimate of drug-likeness (QED) is 0.771. The lowest BCUT2D eigenvalue weighted by Crippen LogP contribution is -2.31. The van der Waals surface area contributed by atoms with Gasteiger partial charge in [-0.25, -0.2) is 0 Å². The van der Waals surface area contributed by atoms with Gasteiger partial charge in [0.25, 0.3) is 0 Å². The fourth-order valence-electron chi connectivity index (χ4n) is 4.80. The highest BCUT2D eigenvalue weighted by molar-refractivity contribution is 5.31. The van der Waals surface area contributed by atoms with Crippen molar-refractivity contribution in [1.82, 2.24) is 5.32 Å². The Balaban J connectivity index is 1.66. The minimum Gasteiger partial charge on any atom is -0.316 e. The van der Waals surface area contributed by atoms with Gasteiger partial charge < -0.3 is 5.32 Å². The Labute approximate surface area is 143 Å². The van der Waals surface area contributed by atoms with Gasteiger partial charge in [0, 0.05) is 0 Å². The Bertz CT molecular complexity index is 485. The van der Waals surface area contributed by atoms with Crippen LogP contribution in [-0.4, -0.2) is 13.1 Å². The predicted molar refractivity (Wildman–Crippen MR) is 99.9 cm³/mol. The van der Waals surface area contributed by atoms with Crippen LogP contribution in [0.3, 0.4) is 0 Å². The topological polar surface area (TPSA) is 12.0 Å². The molecule has 0 amide bonds. The third-order valence-corrected chi connectivity index (χ3v) is 6.35. The average Bonchev–Trinajstić information content (AvgIpc) is 2.56. The Morgan fingerprint density at radius 1 is 1.00 bits per heavy atom. The van der Waals surface area contributed by atoms with Crippen molar-refractivity contribution in [3.8, 4) is 0 Å². The molecule has 1 aliphatic carbocycles. The number of piperidine rings is 1. The molecule has 0 bridgehead atoms. The maximum Gasteiger partial charge on any atom is -0.00173 e. The minimum atomic E-state index is 0.484. The van der Waals surface area contributed by atoms with Gasteiger partial charge in [0.15, 0.2) is 0 Å². The van der Waals surface area contributed by atoms with Gasteiger partial charge in [-0.1, -0.05) is 45.0 Å². The lowest BCUT2D eigenvalue weighted by molar-refractivity contribution is 0.169. The zero-order chi connectivity index (χ0) is 16.3. The lowest BCUT2D eigenvalue weighted by Gasteiger charge is -2.37. The Hall–Kier alpha value is -0.820. The molecule has 0 aromatic heterocycles. The third kappa shape index (κ3) is 4.38. The molecule has 2 aliphatic rings. The van der Waals surface area contributed by atoms with Gasteiger partial charge in [-0.2, -0.15) is 0 Å². The second kappa shape index (κ2) is 7.38. The van der Waals surface area contributed by atoms with Crippen molar-refractivity contribution < 1.29 is 0 Å². The number of hydrogen-bond acceptors (Lipinski definition) is 1. The van der Waals surface area contributed by atoms with Crippen LogP contribution in [0.15, 0.2) is 24.3 Å². The zero-order valence-electron chi connectivity index (χ0n) is 15.4. The molecular weight excluding hydrogens is 278 g/mol. The largest absolute Gasteiger partial charge is 0.316 e. The van der Waals surface area contributed by atoms with Gasteiger partial charge in [-0.15, -0.1) is 0 Å². The van der Waals surface area contributed by atoms with E-state index >= 15 is 0 Å². The molecule has 23 heavy (non-hydrogen) atoms. The molecule has 1 saturated carbocycles. The van der Waals surface area contributed by atoms with Crippen LogP contribution in [0.25, 0.3) is 0 Å². The van der Waals surface area contributed by atoms with Crippen molar-refractivity contribution in [2.75, 3.05) is 13.1 Å². The van der Waals surface area contributed by atoms with E-state index < -0.39 is 0 Å². The molecule has 1 aromatic rings. The average molecular weight is 314 g/mol. The summed E-state index contributed by atoms with van der Waals surface area (Å²) in [6.07, 6.45) is 9.63. The summed E-state index contributed by atoms with van der Waals surface area (Å²) in [5.74, 6) is 2.56. The van der Waals surface area contributed by atoms with E-state index in [1.165, 1.54) is 58.0 Å². The highest BCUT2D eigenvalue weighted by Crippen LogP contribution is 2.44. The van der Waals surface area contributed by atoms with Crippen molar-refractivity contribution in [2.24, 2.45) is 17.3 Å².